The standard InChI is InChI=1S/C7H6BrNO/c8-7-2-1-5-3-10-4-6(5)9-7/h1-2H,3-4H2. The van der Waals surface area contributed by atoms with Crippen molar-refractivity contribution in [2.45, 2.75) is 13.2 Å². The molecule has 0 saturated carbocycles. The van der Waals surface area contributed by atoms with Crippen LogP contribution >= 0.6 is 15.9 Å². The molecule has 2 nitrogen and oxygen atoms in total. The van der Waals surface area contributed by atoms with Gasteiger partial charge in [0, 0.05) is 5.56 Å². The summed E-state index contributed by atoms with van der Waals surface area (Å²) in [5.41, 5.74) is 2.28. The average molecular weight is 200 g/mol. The molecule has 3 heteroatoms. The van der Waals surface area contributed by atoms with Crippen molar-refractivity contribution in [3.05, 3.63) is 28.0 Å². The van der Waals surface area contributed by atoms with E-state index in [0.29, 0.717) is 6.61 Å². The first-order chi connectivity index (χ1) is 4.86. The first-order valence-electron chi connectivity index (χ1n) is 3.08. The number of hydrogen-bond acceptors (Lipinski definition) is 2. The zero-order valence-corrected chi connectivity index (χ0v) is 6.89. The van der Waals surface area contributed by atoms with E-state index >= 15 is 0 Å². The predicted octanol–water partition coefficient (Wildman–Crippen LogP) is 1.87. The molecule has 1 aliphatic rings. The molecule has 0 N–H and O–H groups in total. The van der Waals surface area contributed by atoms with Crippen LogP contribution in [0, 0.1) is 0 Å². The maximum Gasteiger partial charge on any atom is 0.106 e. The molecule has 1 aliphatic heterocycles. The SMILES string of the molecule is Brc1ccc2c(n1)COC2. The van der Waals surface area contributed by atoms with E-state index in [1.54, 1.807) is 0 Å². The average Bonchev–Trinajstić information content (AvgIpc) is 2.33. The van der Waals surface area contributed by atoms with Gasteiger partial charge in [-0.2, -0.15) is 0 Å². The van der Waals surface area contributed by atoms with Gasteiger partial charge in [0.05, 0.1) is 18.9 Å². The van der Waals surface area contributed by atoms with E-state index in [1.807, 2.05) is 12.1 Å². The second-order valence-electron chi connectivity index (χ2n) is 2.23. The minimum absolute atomic E-state index is 0.661. The van der Waals surface area contributed by atoms with E-state index in [0.717, 1.165) is 16.9 Å². The normalized spacial score (nSPS) is 15.3. The minimum Gasteiger partial charge on any atom is -0.370 e. The fourth-order valence-electron chi connectivity index (χ4n) is 1.02. The summed E-state index contributed by atoms with van der Waals surface area (Å²) < 4.78 is 6.07. The van der Waals surface area contributed by atoms with E-state index in [-0.39, 0.29) is 0 Å². The highest BCUT2D eigenvalue weighted by molar-refractivity contribution is 9.10. The fraction of sp³-hybridized carbons (Fsp3) is 0.286. The lowest BCUT2D eigenvalue weighted by Crippen LogP contribution is -1.86. The monoisotopic (exact) mass is 199 g/mol. The van der Waals surface area contributed by atoms with Crippen LogP contribution < -0.4 is 0 Å². The summed E-state index contributed by atoms with van der Waals surface area (Å²) in [6.45, 7) is 1.38. The van der Waals surface area contributed by atoms with Gasteiger partial charge >= 0.3 is 0 Å². The van der Waals surface area contributed by atoms with Crippen molar-refractivity contribution >= 4 is 15.9 Å². The number of hydrogen-bond donors (Lipinski definition) is 0. The van der Waals surface area contributed by atoms with E-state index in [4.69, 9.17) is 4.74 Å². The lowest BCUT2D eigenvalue weighted by Gasteiger charge is -1.93. The third-order valence-electron chi connectivity index (χ3n) is 1.53. The van der Waals surface area contributed by atoms with Crippen LogP contribution in [0.4, 0.5) is 0 Å². The lowest BCUT2D eigenvalue weighted by atomic mass is 10.2. The van der Waals surface area contributed by atoms with Gasteiger partial charge in [0.25, 0.3) is 0 Å². The highest BCUT2D eigenvalue weighted by Crippen LogP contribution is 2.19. The Kier molecular flexibility index (Phi) is 1.47. The molecule has 1 aromatic heterocycles. The molecule has 0 atom stereocenters. The third-order valence-corrected chi connectivity index (χ3v) is 1.97. The molecule has 2 heterocycles. The Bertz CT molecular complexity index is 262. The quantitative estimate of drug-likeness (QED) is 0.596. The smallest absolute Gasteiger partial charge is 0.106 e. The van der Waals surface area contributed by atoms with Crippen LogP contribution in [0.3, 0.4) is 0 Å². The van der Waals surface area contributed by atoms with Gasteiger partial charge in [-0.3, -0.25) is 0 Å². The molecule has 0 amide bonds. The predicted molar refractivity (Wildman–Crippen MR) is 40.4 cm³/mol. The van der Waals surface area contributed by atoms with Crippen molar-refractivity contribution < 1.29 is 4.74 Å². The van der Waals surface area contributed by atoms with Crippen LogP contribution in [0.15, 0.2) is 16.7 Å². The van der Waals surface area contributed by atoms with Gasteiger partial charge in [0.1, 0.15) is 4.60 Å². The van der Waals surface area contributed by atoms with Crippen molar-refractivity contribution in [3.8, 4) is 0 Å². The van der Waals surface area contributed by atoms with E-state index < -0.39 is 0 Å². The van der Waals surface area contributed by atoms with Gasteiger partial charge in [-0.05, 0) is 22.0 Å². The van der Waals surface area contributed by atoms with Crippen LogP contribution in [0.25, 0.3) is 0 Å². The Balaban J connectivity index is 2.52. The molecule has 0 aliphatic carbocycles. The van der Waals surface area contributed by atoms with Gasteiger partial charge in [-0.1, -0.05) is 6.07 Å². The molecule has 10 heavy (non-hydrogen) atoms. The van der Waals surface area contributed by atoms with Crippen molar-refractivity contribution in [1.29, 1.82) is 0 Å². The first-order valence-corrected chi connectivity index (χ1v) is 3.87. The highest BCUT2D eigenvalue weighted by atomic mass is 79.9. The van der Waals surface area contributed by atoms with Crippen molar-refractivity contribution in [2.75, 3.05) is 0 Å². The number of rotatable bonds is 0. The van der Waals surface area contributed by atoms with Crippen molar-refractivity contribution in [1.82, 2.24) is 4.98 Å². The van der Waals surface area contributed by atoms with Gasteiger partial charge in [0.2, 0.25) is 0 Å². The molecule has 2 rings (SSSR count). The van der Waals surface area contributed by atoms with E-state index in [1.165, 1.54) is 5.56 Å². The van der Waals surface area contributed by atoms with Crippen molar-refractivity contribution in [3.63, 3.8) is 0 Å². The molecule has 0 bridgehead atoms. The summed E-state index contributed by atoms with van der Waals surface area (Å²) in [6.07, 6.45) is 0. The second-order valence-corrected chi connectivity index (χ2v) is 3.05. The first kappa shape index (κ1) is 6.31. The number of ether oxygens (including phenoxy) is 1. The fourth-order valence-corrected chi connectivity index (χ4v) is 1.36. The summed E-state index contributed by atoms with van der Waals surface area (Å²) in [7, 11) is 0. The summed E-state index contributed by atoms with van der Waals surface area (Å²) in [4.78, 5) is 4.25. The molecule has 0 spiro atoms. The van der Waals surface area contributed by atoms with Gasteiger partial charge in [-0.25, -0.2) is 4.98 Å². The molecule has 52 valence electrons. The van der Waals surface area contributed by atoms with Crippen molar-refractivity contribution in [2.24, 2.45) is 0 Å². The molecule has 0 unspecified atom stereocenters. The summed E-state index contributed by atoms with van der Waals surface area (Å²) >= 11 is 3.30. The Labute approximate surface area is 67.4 Å². The number of aromatic nitrogens is 1. The van der Waals surface area contributed by atoms with Gasteiger partial charge < -0.3 is 4.74 Å². The zero-order chi connectivity index (χ0) is 6.97. The number of halogens is 1. The lowest BCUT2D eigenvalue weighted by molar-refractivity contribution is 0.133. The summed E-state index contributed by atoms with van der Waals surface area (Å²) in [5.74, 6) is 0. The van der Waals surface area contributed by atoms with Crippen LogP contribution in [-0.2, 0) is 18.0 Å². The minimum atomic E-state index is 0.661. The zero-order valence-electron chi connectivity index (χ0n) is 5.30. The summed E-state index contributed by atoms with van der Waals surface area (Å²) in [5, 5.41) is 0. The highest BCUT2D eigenvalue weighted by Gasteiger charge is 2.11. The topological polar surface area (TPSA) is 22.1 Å². The van der Waals surface area contributed by atoms with Gasteiger partial charge in [0.15, 0.2) is 0 Å². The summed E-state index contributed by atoms with van der Waals surface area (Å²) in [6, 6.07) is 3.98. The Hall–Kier alpha value is -0.410. The van der Waals surface area contributed by atoms with Gasteiger partial charge in [-0.15, -0.1) is 0 Å². The second kappa shape index (κ2) is 2.32. The van der Waals surface area contributed by atoms with Crippen LogP contribution in [0.5, 0.6) is 0 Å². The molecule has 0 aromatic carbocycles. The van der Waals surface area contributed by atoms with Crippen LogP contribution in [0.2, 0.25) is 0 Å². The molecule has 0 fully saturated rings. The van der Waals surface area contributed by atoms with Crippen LogP contribution in [-0.4, -0.2) is 4.98 Å². The van der Waals surface area contributed by atoms with Crippen LogP contribution in [0.1, 0.15) is 11.3 Å². The Morgan fingerprint density at radius 2 is 2.30 bits per heavy atom. The molecule has 0 radical (unpaired) electrons. The number of pyridine rings is 1. The third kappa shape index (κ3) is 0.954. The van der Waals surface area contributed by atoms with E-state index in [9.17, 15) is 0 Å². The number of fused-ring (bicyclic) bond motifs is 1. The maximum atomic E-state index is 5.19. The largest absolute Gasteiger partial charge is 0.370 e. The molecular weight excluding hydrogens is 194 g/mol. The number of nitrogens with zero attached hydrogens (tertiary/aromatic N) is 1. The molecular formula is C7H6BrNO. The van der Waals surface area contributed by atoms with E-state index in [2.05, 4.69) is 20.9 Å². The Morgan fingerprint density at radius 3 is 3.20 bits per heavy atom. The Morgan fingerprint density at radius 1 is 1.40 bits per heavy atom. The molecule has 0 saturated heterocycles. The maximum absolute atomic E-state index is 5.19. The molecule has 1 aromatic rings.